The topological polar surface area (TPSA) is 73.6 Å². The van der Waals surface area contributed by atoms with E-state index in [1.807, 2.05) is 36.4 Å². The number of carbonyl (C=O) groups excluding carboxylic acids is 1. The van der Waals surface area contributed by atoms with Gasteiger partial charge in [-0.05, 0) is 24.1 Å². The lowest BCUT2D eigenvalue weighted by atomic mass is 10.1. The van der Waals surface area contributed by atoms with E-state index in [0.29, 0.717) is 17.2 Å². The molecule has 0 radical (unpaired) electrons. The van der Waals surface area contributed by atoms with Crippen LogP contribution in [-0.4, -0.2) is 24.8 Å². The van der Waals surface area contributed by atoms with Crippen molar-refractivity contribution >= 4 is 11.8 Å². The van der Waals surface area contributed by atoms with Crippen LogP contribution in [0.25, 0.3) is 11.3 Å². The van der Waals surface area contributed by atoms with Crippen molar-refractivity contribution in [3.8, 4) is 22.8 Å². The van der Waals surface area contributed by atoms with E-state index < -0.39 is 0 Å². The molecule has 26 heavy (non-hydrogen) atoms. The molecule has 1 N–H and O–H groups in total. The van der Waals surface area contributed by atoms with Gasteiger partial charge in [0.05, 0.1) is 7.11 Å². The first kappa shape index (κ1) is 17.5. The molecule has 0 unspecified atom stereocenters. The van der Waals surface area contributed by atoms with Crippen molar-refractivity contribution in [1.82, 2.24) is 5.16 Å². The Labute approximate surface area is 151 Å². The molecule has 0 aliphatic carbocycles. The Morgan fingerprint density at radius 3 is 2.54 bits per heavy atom. The molecule has 0 saturated carbocycles. The van der Waals surface area contributed by atoms with Crippen LogP contribution < -0.4 is 14.8 Å². The summed E-state index contributed by atoms with van der Waals surface area (Å²) in [6, 6.07) is 16.9. The number of nitrogens with zero attached hydrogens (tertiary/aromatic N) is 1. The summed E-state index contributed by atoms with van der Waals surface area (Å²) in [6.07, 6.45) is 0.979. The van der Waals surface area contributed by atoms with Crippen LogP contribution in [0.15, 0.2) is 59.1 Å². The minimum Gasteiger partial charge on any atom is -0.493 e. The minimum absolute atomic E-state index is 0.165. The number of aromatic nitrogens is 1. The van der Waals surface area contributed by atoms with Gasteiger partial charge in [-0.3, -0.25) is 10.1 Å². The Balaban J connectivity index is 1.59. The number of anilines is 1. The zero-order valence-electron chi connectivity index (χ0n) is 14.7. The highest BCUT2D eigenvalue weighted by atomic mass is 16.5. The van der Waals surface area contributed by atoms with Crippen LogP contribution >= 0.6 is 0 Å². The van der Waals surface area contributed by atoms with Gasteiger partial charge in [-0.2, -0.15) is 0 Å². The van der Waals surface area contributed by atoms with Gasteiger partial charge in [0.15, 0.2) is 18.1 Å². The fourth-order valence-electron chi connectivity index (χ4n) is 2.44. The zero-order chi connectivity index (χ0) is 18.4. The number of amides is 1. The number of carbonyl (C=O) groups is 1. The first-order valence-corrected chi connectivity index (χ1v) is 8.31. The summed E-state index contributed by atoms with van der Waals surface area (Å²) in [4.78, 5) is 12.0. The zero-order valence-corrected chi connectivity index (χ0v) is 14.7. The van der Waals surface area contributed by atoms with Crippen LogP contribution in [0, 0.1) is 0 Å². The maximum atomic E-state index is 12.0. The predicted octanol–water partition coefficient (Wildman–Crippen LogP) is 3.93. The van der Waals surface area contributed by atoms with Crippen molar-refractivity contribution in [2.45, 2.75) is 13.3 Å². The molecule has 0 saturated heterocycles. The maximum absolute atomic E-state index is 12.0. The van der Waals surface area contributed by atoms with Gasteiger partial charge in [-0.15, -0.1) is 0 Å². The fraction of sp³-hybridized carbons (Fsp3) is 0.200. The number of nitrogens with one attached hydrogen (secondary N) is 1. The second-order valence-corrected chi connectivity index (χ2v) is 5.61. The van der Waals surface area contributed by atoms with E-state index in [-0.39, 0.29) is 18.4 Å². The highest BCUT2D eigenvalue weighted by Crippen LogP contribution is 2.26. The molecule has 0 spiro atoms. The smallest absolute Gasteiger partial charge is 0.264 e. The van der Waals surface area contributed by atoms with Crippen LogP contribution in [0.3, 0.4) is 0 Å². The largest absolute Gasteiger partial charge is 0.493 e. The van der Waals surface area contributed by atoms with Crippen molar-refractivity contribution in [3.05, 3.63) is 60.2 Å². The van der Waals surface area contributed by atoms with E-state index in [1.54, 1.807) is 25.3 Å². The third-order valence-electron chi connectivity index (χ3n) is 3.86. The fourth-order valence-corrected chi connectivity index (χ4v) is 2.44. The summed E-state index contributed by atoms with van der Waals surface area (Å²) in [5, 5.41) is 6.62. The lowest BCUT2D eigenvalue weighted by molar-refractivity contribution is -0.118. The van der Waals surface area contributed by atoms with E-state index in [4.69, 9.17) is 14.0 Å². The van der Waals surface area contributed by atoms with Crippen molar-refractivity contribution in [3.63, 3.8) is 0 Å². The summed E-state index contributed by atoms with van der Waals surface area (Å²) in [7, 11) is 1.55. The minimum atomic E-state index is -0.347. The lowest BCUT2D eigenvalue weighted by Gasteiger charge is -2.09. The first-order chi connectivity index (χ1) is 12.7. The Kier molecular flexibility index (Phi) is 5.53. The summed E-state index contributed by atoms with van der Waals surface area (Å²) in [5.74, 6) is 0.991. The molecule has 0 aliphatic rings. The predicted molar refractivity (Wildman–Crippen MR) is 98.4 cm³/mol. The van der Waals surface area contributed by atoms with Gasteiger partial charge in [0.2, 0.25) is 5.88 Å². The molecule has 3 aromatic rings. The third-order valence-corrected chi connectivity index (χ3v) is 3.86. The first-order valence-electron chi connectivity index (χ1n) is 8.31. The van der Waals surface area contributed by atoms with E-state index in [9.17, 15) is 4.79 Å². The summed E-state index contributed by atoms with van der Waals surface area (Å²) >= 11 is 0. The molecule has 1 aromatic heterocycles. The van der Waals surface area contributed by atoms with Gasteiger partial charge in [-0.1, -0.05) is 48.5 Å². The molecule has 2 aromatic carbocycles. The number of aryl methyl sites for hydroxylation is 1. The third kappa shape index (κ3) is 4.22. The second-order valence-electron chi connectivity index (χ2n) is 5.61. The van der Waals surface area contributed by atoms with Gasteiger partial charge in [0.1, 0.15) is 5.69 Å². The number of benzene rings is 2. The Morgan fingerprint density at radius 1 is 1.12 bits per heavy atom. The van der Waals surface area contributed by atoms with Gasteiger partial charge in [0, 0.05) is 11.6 Å². The van der Waals surface area contributed by atoms with Crippen molar-refractivity contribution in [1.29, 1.82) is 0 Å². The molecule has 0 atom stereocenters. The van der Waals surface area contributed by atoms with E-state index in [0.717, 1.165) is 12.0 Å². The molecule has 6 nitrogen and oxygen atoms in total. The van der Waals surface area contributed by atoms with Crippen molar-refractivity contribution in [2.75, 3.05) is 19.0 Å². The highest BCUT2D eigenvalue weighted by molar-refractivity contribution is 5.91. The van der Waals surface area contributed by atoms with Gasteiger partial charge >= 0.3 is 0 Å². The monoisotopic (exact) mass is 352 g/mol. The SMILES string of the molecule is CCc1ccc(-c2cc(NC(=O)COc3ccccc3OC)on2)cc1. The van der Waals surface area contributed by atoms with E-state index in [1.165, 1.54) is 5.56 Å². The van der Waals surface area contributed by atoms with Gasteiger partial charge < -0.3 is 14.0 Å². The van der Waals surface area contributed by atoms with Crippen LogP contribution in [0.1, 0.15) is 12.5 Å². The molecule has 0 aliphatic heterocycles. The number of ether oxygens (including phenoxy) is 2. The van der Waals surface area contributed by atoms with E-state index >= 15 is 0 Å². The summed E-state index contributed by atoms with van der Waals surface area (Å²) in [5.41, 5.74) is 2.84. The maximum Gasteiger partial charge on any atom is 0.264 e. The van der Waals surface area contributed by atoms with Crippen LogP contribution in [-0.2, 0) is 11.2 Å². The quantitative estimate of drug-likeness (QED) is 0.697. The lowest BCUT2D eigenvalue weighted by Crippen LogP contribution is -2.20. The van der Waals surface area contributed by atoms with Crippen LogP contribution in [0.5, 0.6) is 11.5 Å². The molecular weight excluding hydrogens is 332 g/mol. The average Bonchev–Trinajstić information content (AvgIpc) is 3.15. The molecule has 1 heterocycles. The van der Waals surface area contributed by atoms with Crippen molar-refractivity contribution in [2.24, 2.45) is 0 Å². The molecular formula is C20H20N2O4. The summed E-state index contributed by atoms with van der Waals surface area (Å²) < 4.78 is 15.8. The number of methoxy groups -OCH3 is 1. The molecule has 1 amide bonds. The molecule has 0 fully saturated rings. The molecule has 3 rings (SSSR count). The molecule has 0 bridgehead atoms. The average molecular weight is 352 g/mol. The Bertz CT molecular complexity index is 872. The number of para-hydroxylation sites is 2. The number of rotatable bonds is 7. The Hall–Kier alpha value is -3.28. The summed E-state index contributed by atoms with van der Waals surface area (Å²) in [6.45, 7) is 1.94. The van der Waals surface area contributed by atoms with Crippen LogP contribution in [0.4, 0.5) is 5.88 Å². The molecule has 134 valence electrons. The Morgan fingerprint density at radius 2 is 1.85 bits per heavy atom. The molecule has 6 heteroatoms. The second kappa shape index (κ2) is 8.20. The number of hydrogen-bond donors (Lipinski definition) is 1. The van der Waals surface area contributed by atoms with Gasteiger partial charge in [0.25, 0.3) is 5.91 Å². The normalized spacial score (nSPS) is 10.4. The number of hydrogen-bond acceptors (Lipinski definition) is 5. The van der Waals surface area contributed by atoms with Crippen LogP contribution in [0.2, 0.25) is 0 Å². The highest BCUT2D eigenvalue weighted by Gasteiger charge is 2.11. The standard InChI is InChI=1S/C20H20N2O4/c1-3-14-8-10-15(11-9-14)16-12-20(26-22-16)21-19(23)13-25-18-7-5-4-6-17(18)24-2/h4-12H,3,13H2,1-2H3,(H,21,23). The van der Waals surface area contributed by atoms with E-state index in [2.05, 4.69) is 17.4 Å². The van der Waals surface area contributed by atoms with Gasteiger partial charge in [-0.25, -0.2) is 0 Å². The van der Waals surface area contributed by atoms with Crippen molar-refractivity contribution < 1.29 is 18.8 Å².